The van der Waals surface area contributed by atoms with Crippen LogP contribution in [-0.2, 0) is 9.59 Å². The first-order valence-electron chi connectivity index (χ1n) is 6.79. The van der Waals surface area contributed by atoms with Gasteiger partial charge in [0.15, 0.2) is 0 Å². The number of methoxy groups -OCH3 is 1. The second kappa shape index (κ2) is 7.52. The Kier molecular flexibility index (Phi) is 6.02. The van der Waals surface area contributed by atoms with Crippen molar-refractivity contribution in [3.05, 3.63) is 23.8 Å². The lowest BCUT2D eigenvalue weighted by Crippen LogP contribution is -2.39. The molecule has 1 aromatic carbocycles. The fraction of sp³-hybridized carbons (Fsp3) is 0.467. The normalized spacial score (nSPS) is 15.2. The summed E-state index contributed by atoms with van der Waals surface area (Å²) in [6.07, 6.45) is 1.29. The molecule has 0 aliphatic carbocycles. The minimum absolute atomic E-state index is 0.0418. The van der Waals surface area contributed by atoms with Crippen LogP contribution in [0.15, 0.2) is 18.2 Å². The minimum Gasteiger partial charge on any atom is -0.494 e. The Morgan fingerprint density at radius 3 is 2.52 bits per heavy atom. The molecule has 0 spiro atoms. The van der Waals surface area contributed by atoms with Crippen LogP contribution >= 0.6 is 0 Å². The Hall–Kier alpha value is -2.24. The van der Waals surface area contributed by atoms with Gasteiger partial charge in [0.2, 0.25) is 5.91 Å². The van der Waals surface area contributed by atoms with Gasteiger partial charge in [0.25, 0.3) is 0 Å². The average Bonchev–Trinajstić information content (AvgIpc) is 2.85. The predicted molar refractivity (Wildman–Crippen MR) is 80.2 cm³/mol. The first kappa shape index (κ1) is 16.8. The number of benzene rings is 1. The van der Waals surface area contributed by atoms with Gasteiger partial charge < -0.3 is 20.5 Å². The number of carboxylic acids is 1. The standard InChI is InChI=1S/C8H11NO.C7H11NO3/c1-6-4-3-5-7(9)8(6)10-2;1-5(7(10)11)8-4-2-3-6(8)9/h3-5H,9H2,1-2H3;5H,2-4H2,1H3,(H,10,11). The molecule has 1 heterocycles. The average molecular weight is 294 g/mol. The SMILES string of the molecule is CC(C(=O)O)N1CCCC1=O.COc1c(C)cccc1N. The van der Waals surface area contributed by atoms with Crippen molar-refractivity contribution < 1.29 is 19.4 Å². The van der Waals surface area contributed by atoms with Crippen LogP contribution in [-0.4, -0.2) is 41.6 Å². The van der Waals surface area contributed by atoms with Gasteiger partial charge in [0.1, 0.15) is 11.8 Å². The topological polar surface area (TPSA) is 92.9 Å². The number of carbonyl (C=O) groups is 2. The fourth-order valence-electron chi connectivity index (χ4n) is 2.17. The van der Waals surface area contributed by atoms with Crippen LogP contribution in [0.25, 0.3) is 0 Å². The highest BCUT2D eigenvalue weighted by Crippen LogP contribution is 2.24. The Morgan fingerprint density at radius 1 is 1.48 bits per heavy atom. The molecule has 6 nitrogen and oxygen atoms in total. The summed E-state index contributed by atoms with van der Waals surface area (Å²) >= 11 is 0. The third-order valence-electron chi connectivity index (χ3n) is 3.38. The number of rotatable bonds is 3. The molecule has 0 saturated carbocycles. The molecular formula is C15H22N2O4. The molecule has 2 rings (SSSR count). The number of ether oxygens (including phenoxy) is 1. The first-order chi connectivity index (χ1) is 9.88. The third kappa shape index (κ3) is 4.37. The van der Waals surface area contributed by atoms with Gasteiger partial charge in [-0.2, -0.15) is 0 Å². The summed E-state index contributed by atoms with van der Waals surface area (Å²) in [5.41, 5.74) is 7.38. The lowest BCUT2D eigenvalue weighted by molar-refractivity contribution is -0.147. The Bertz CT molecular complexity index is 496. The maximum absolute atomic E-state index is 11.0. The van der Waals surface area contributed by atoms with Gasteiger partial charge in [-0.25, -0.2) is 4.79 Å². The maximum atomic E-state index is 11.0. The molecular weight excluding hydrogens is 272 g/mol. The third-order valence-corrected chi connectivity index (χ3v) is 3.38. The van der Waals surface area contributed by atoms with Crippen molar-refractivity contribution in [3.8, 4) is 5.75 Å². The van der Waals surface area contributed by atoms with Gasteiger partial charge in [-0.15, -0.1) is 0 Å². The van der Waals surface area contributed by atoms with Crippen molar-refractivity contribution in [1.82, 2.24) is 4.90 Å². The number of nitrogen functional groups attached to an aromatic ring is 1. The number of aryl methyl sites for hydroxylation is 1. The summed E-state index contributed by atoms with van der Waals surface area (Å²) in [4.78, 5) is 22.8. The van der Waals surface area contributed by atoms with Gasteiger partial charge in [-0.1, -0.05) is 12.1 Å². The molecule has 3 N–H and O–H groups in total. The highest BCUT2D eigenvalue weighted by Gasteiger charge is 2.28. The van der Waals surface area contributed by atoms with E-state index >= 15 is 0 Å². The van der Waals surface area contributed by atoms with Gasteiger partial charge in [-0.3, -0.25) is 4.79 Å². The molecule has 1 atom stereocenters. The molecule has 1 fully saturated rings. The van der Waals surface area contributed by atoms with E-state index in [4.69, 9.17) is 15.6 Å². The number of hydrogen-bond acceptors (Lipinski definition) is 4. The molecule has 1 saturated heterocycles. The second-order valence-corrected chi connectivity index (χ2v) is 4.90. The quantitative estimate of drug-likeness (QED) is 0.827. The molecule has 1 aliphatic rings. The number of likely N-dealkylation sites (tertiary alicyclic amines) is 1. The molecule has 0 aromatic heterocycles. The van der Waals surface area contributed by atoms with Crippen LogP contribution in [0.4, 0.5) is 5.69 Å². The van der Waals surface area contributed by atoms with E-state index in [1.54, 1.807) is 7.11 Å². The van der Waals surface area contributed by atoms with E-state index in [2.05, 4.69) is 0 Å². The minimum atomic E-state index is -0.930. The number of amides is 1. The van der Waals surface area contributed by atoms with E-state index in [-0.39, 0.29) is 5.91 Å². The number of nitrogens with two attached hydrogens (primary N) is 1. The van der Waals surface area contributed by atoms with Crippen molar-refractivity contribution >= 4 is 17.6 Å². The van der Waals surface area contributed by atoms with Gasteiger partial charge in [0.05, 0.1) is 12.8 Å². The zero-order valence-electron chi connectivity index (χ0n) is 12.6. The highest BCUT2D eigenvalue weighted by molar-refractivity contribution is 5.84. The first-order valence-corrected chi connectivity index (χ1v) is 6.79. The summed E-state index contributed by atoms with van der Waals surface area (Å²) in [7, 11) is 1.62. The van der Waals surface area contributed by atoms with E-state index in [0.29, 0.717) is 18.7 Å². The molecule has 1 aromatic rings. The Labute approximate surface area is 124 Å². The molecule has 21 heavy (non-hydrogen) atoms. The molecule has 1 aliphatic heterocycles. The smallest absolute Gasteiger partial charge is 0.326 e. The van der Waals surface area contributed by atoms with Crippen LogP contribution in [0.3, 0.4) is 0 Å². The molecule has 1 amide bonds. The molecule has 0 bridgehead atoms. The summed E-state index contributed by atoms with van der Waals surface area (Å²) < 4.78 is 5.05. The van der Waals surface area contributed by atoms with E-state index < -0.39 is 12.0 Å². The zero-order valence-corrected chi connectivity index (χ0v) is 12.6. The van der Waals surface area contributed by atoms with E-state index in [9.17, 15) is 9.59 Å². The highest BCUT2D eigenvalue weighted by atomic mass is 16.5. The van der Waals surface area contributed by atoms with Crippen molar-refractivity contribution in [2.75, 3.05) is 19.4 Å². The van der Waals surface area contributed by atoms with E-state index in [0.717, 1.165) is 17.7 Å². The lowest BCUT2D eigenvalue weighted by Gasteiger charge is -2.19. The van der Waals surface area contributed by atoms with Crippen molar-refractivity contribution in [2.45, 2.75) is 32.7 Å². The van der Waals surface area contributed by atoms with Gasteiger partial charge in [0, 0.05) is 13.0 Å². The van der Waals surface area contributed by atoms with Gasteiger partial charge in [-0.05, 0) is 31.9 Å². The van der Waals surface area contributed by atoms with Crippen molar-refractivity contribution in [2.24, 2.45) is 0 Å². The molecule has 0 radical (unpaired) electrons. The number of carboxylic acid groups (broad SMARTS) is 1. The number of hydrogen-bond donors (Lipinski definition) is 2. The molecule has 116 valence electrons. The number of aliphatic carboxylic acids is 1. The van der Waals surface area contributed by atoms with Crippen LogP contribution in [0, 0.1) is 6.92 Å². The maximum Gasteiger partial charge on any atom is 0.326 e. The van der Waals surface area contributed by atoms with Crippen LogP contribution in [0.2, 0.25) is 0 Å². The van der Waals surface area contributed by atoms with Crippen LogP contribution in [0.5, 0.6) is 5.75 Å². The summed E-state index contributed by atoms with van der Waals surface area (Å²) in [6, 6.07) is 5.04. The Balaban J connectivity index is 0.000000211. The largest absolute Gasteiger partial charge is 0.494 e. The molecule has 6 heteroatoms. The second-order valence-electron chi connectivity index (χ2n) is 4.90. The number of carbonyl (C=O) groups excluding carboxylic acids is 1. The summed E-state index contributed by atoms with van der Waals surface area (Å²) in [5.74, 6) is -0.192. The van der Waals surface area contributed by atoms with Crippen LogP contribution < -0.4 is 10.5 Å². The molecule has 1 unspecified atom stereocenters. The predicted octanol–water partition coefficient (Wildman–Crippen LogP) is 1.67. The Morgan fingerprint density at radius 2 is 2.14 bits per heavy atom. The summed E-state index contributed by atoms with van der Waals surface area (Å²) in [6.45, 7) is 4.09. The number of nitrogens with zero attached hydrogens (tertiary/aromatic N) is 1. The number of anilines is 1. The van der Waals surface area contributed by atoms with Gasteiger partial charge >= 0.3 is 5.97 Å². The van der Waals surface area contributed by atoms with E-state index in [1.165, 1.54) is 11.8 Å². The van der Waals surface area contributed by atoms with Crippen molar-refractivity contribution in [3.63, 3.8) is 0 Å². The monoisotopic (exact) mass is 294 g/mol. The summed E-state index contributed by atoms with van der Waals surface area (Å²) in [5, 5.41) is 8.57. The lowest BCUT2D eigenvalue weighted by atomic mass is 10.2. The fourth-order valence-corrected chi connectivity index (χ4v) is 2.17. The van der Waals surface area contributed by atoms with Crippen LogP contribution in [0.1, 0.15) is 25.3 Å². The zero-order chi connectivity index (χ0) is 16.0. The van der Waals surface area contributed by atoms with E-state index in [1.807, 2.05) is 25.1 Å². The van der Waals surface area contributed by atoms with Crippen molar-refractivity contribution in [1.29, 1.82) is 0 Å². The number of para-hydroxylation sites is 1.